The lowest BCUT2D eigenvalue weighted by atomic mass is 10.2. The molecule has 0 amide bonds. The van der Waals surface area contributed by atoms with E-state index in [-0.39, 0.29) is 0 Å². The van der Waals surface area contributed by atoms with Crippen LogP contribution in [0.5, 0.6) is 5.88 Å². The number of carboxylic acids is 1. The highest BCUT2D eigenvalue weighted by molar-refractivity contribution is 9.10. The molecule has 0 atom stereocenters. The van der Waals surface area contributed by atoms with E-state index < -0.39 is 12.6 Å². The van der Waals surface area contributed by atoms with Gasteiger partial charge in [-0.2, -0.15) is 0 Å². The number of halogens is 1. The second kappa shape index (κ2) is 5.44. The number of benzene rings is 1. The van der Waals surface area contributed by atoms with Crippen LogP contribution in [0.3, 0.4) is 0 Å². The lowest BCUT2D eigenvalue weighted by molar-refractivity contribution is -0.139. The normalized spacial score (nSPS) is 10.5. The van der Waals surface area contributed by atoms with Crippen molar-refractivity contribution in [1.29, 1.82) is 0 Å². The quantitative estimate of drug-likeness (QED) is 0.939. The number of carbonyl (C=O) groups is 1. The minimum atomic E-state index is -1.02. The molecule has 0 aliphatic rings. The highest BCUT2D eigenvalue weighted by Gasteiger charge is 2.09. The van der Waals surface area contributed by atoms with Gasteiger partial charge in [0, 0.05) is 16.2 Å². The van der Waals surface area contributed by atoms with Gasteiger partial charge in [0.1, 0.15) is 0 Å². The third-order valence-corrected chi connectivity index (χ3v) is 3.46. The van der Waals surface area contributed by atoms with Gasteiger partial charge in [-0.25, -0.2) is 9.48 Å². The minimum Gasteiger partial charge on any atom is -0.479 e. The predicted molar refractivity (Wildman–Crippen MR) is 73.9 cm³/mol. The third kappa shape index (κ3) is 3.14. The molecule has 0 bridgehead atoms. The second-order valence-corrected chi connectivity index (χ2v) is 5.01. The van der Waals surface area contributed by atoms with Crippen molar-refractivity contribution in [1.82, 2.24) is 9.78 Å². The van der Waals surface area contributed by atoms with Crippen molar-refractivity contribution in [2.24, 2.45) is 0 Å². The number of ether oxygens (including phenoxy) is 1. The number of rotatable bonds is 4. The van der Waals surface area contributed by atoms with Crippen LogP contribution in [-0.4, -0.2) is 27.5 Å². The number of hydrogen-bond acceptors (Lipinski definition) is 3. The van der Waals surface area contributed by atoms with Crippen LogP contribution in [-0.2, 0) is 4.79 Å². The summed E-state index contributed by atoms with van der Waals surface area (Å²) in [5.74, 6) is -0.720. The van der Waals surface area contributed by atoms with Gasteiger partial charge in [-0.15, -0.1) is 5.10 Å². The molecule has 0 spiro atoms. The van der Waals surface area contributed by atoms with Crippen LogP contribution < -0.4 is 4.74 Å². The Morgan fingerprint density at radius 3 is 2.79 bits per heavy atom. The number of aliphatic carboxylic acids is 1. The van der Waals surface area contributed by atoms with Crippen LogP contribution in [0.25, 0.3) is 5.69 Å². The predicted octanol–water partition coefficient (Wildman–Crippen LogP) is 2.72. The maximum atomic E-state index is 10.5. The fraction of sp³-hybridized carbons (Fsp3) is 0.231. The van der Waals surface area contributed by atoms with Gasteiger partial charge < -0.3 is 9.84 Å². The van der Waals surface area contributed by atoms with E-state index in [1.165, 1.54) is 0 Å². The summed E-state index contributed by atoms with van der Waals surface area (Å²) in [6, 6.07) is 7.59. The molecule has 6 heteroatoms. The lowest BCUT2D eigenvalue weighted by Crippen LogP contribution is -2.10. The molecule has 0 unspecified atom stereocenters. The highest BCUT2D eigenvalue weighted by atomic mass is 79.9. The molecule has 1 heterocycles. The Hall–Kier alpha value is -1.82. The van der Waals surface area contributed by atoms with E-state index in [1.807, 2.05) is 32.0 Å². The second-order valence-electron chi connectivity index (χ2n) is 4.15. The van der Waals surface area contributed by atoms with Crippen molar-refractivity contribution in [2.75, 3.05) is 6.61 Å². The van der Waals surface area contributed by atoms with Gasteiger partial charge in [0.2, 0.25) is 5.88 Å². The van der Waals surface area contributed by atoms with Gasteiger partial charge >= 0.3 is 5.97 Å². The van der Waals surface area contributed by atoms with Crippen LogP contribution in [0, 0.1) is 13.8 Å². The summed E-state index contributed by atoms with van der Waals surface area (Å²) in [6.07, 6.45) is 0. The van der Waals surface area contributed by atoms with Gasteiger partial charge in [0.15, 0.2) is 6.61 Å². The maximum absolute atomic E-state index is 10.5. The summed E-state index contributed by atoms with van der Waals surface area (Å²) in [4.78, 5) is 10.5. The maximum Gasteiger partial charge on any atom is 0.341 e. The average Bonchev–Trinajstić information content (AvgIpc) is 2.72. The molecule has 1 aromatic carbocycles. The zero-order chi connectivity index (χ0) is 14.0. The van der Waals surface area contributed by atoms with E-state index in [0.717, 1.165) is 21.4 Å². The van der Waals surface area contributed by atoms with Crippen molar-refractivity contribution in [3.05, 3.63) is 40.0 Å². The van der Waals surface area contributed by atoms with Crippen LogP contribution in [0.4, 0.5) is 0 Å². The summed E-state index contributed by atoms with van der Waals surface area (Å²) in [7, 11) is 0. The molecule has 19 heavy (non-hydrogen) atoms. The molecule has 5 nitrogen and oxygen atoms in total. The molecular formula is C13H13BrN2O3. The SMILES string of the molecule is Cc1ccc(-n2nc(OCC(=O)O)cc2C)cc1Br. The molecule has 1 N–H and O–H groups in total. The lowest BCUT2D eigenvalue weighted by Gasteiger charge is -2.06. The summed E-state index contributed by atoms with van der Waals surface area (Å²) in [5, 5.41) is 12.8. The van der Waals surface area contributed by atoms with Crippen molar-refractivity contribution >= 4 is 21.9 Å². The molecule has 0 saturated carbocycles. The minimum absolute atomic E-state index is 0.302. The summed E-state index contributed by atoms with van der Waals surface area (Å²) >= 11 is 3.47. The van der Waals surface area contributed by atoms with Crippen LogP contribution in [0.1, 0.15) is 11.3 Å². The van der Waals surface area contributed by atoms with E-state index in [2.05, 4.69) is 21.0 Å². The Morgan fingerprint density at radius 2 is 2.16 bits per heavy atom. The average molecular weight is 325 g/mol. The number of nitrogens with zero attached hydrogens (tertiary/aromatic N) is 2. The van der Waals surface area contributed by atoms with Crippen molar-refractivity contribution in [3.63, 3.8) is 0 Å². The molecule has 100 valence electrons. The van der Waals surface area contributed by atoms with Gasteiger partial charge in [-0.1, -0.05) is 22.0 Å². The molecule has 0 fully saturated rings. The van der Waals surface area contributed by atoms with Gasteiger partial charge in [-0.3, -0.25) is 0 Å². The first-order chi connectivity index (χ1) is 8.97. The Bertz CT molecular complexity index is 622. The molecule has 0 aliphatic carbocycles. The Morgan fingerprint density at radius 1 is 1.42 bits per heavy atom. The zero-order valence-electron chi connectivity index (χ0n) is 10.6. The van der Waals surface area contributed by atoms with Crippen molar-refractivity contribution in [2.45, 2.75) is 13.8 Å². The Kier molecular flexibility index (Phi) is 3.90. The number of aromatic nitrogens is 2. The smallest absolute Gasteiger partial charge is 0.341 e. The fourth-order valence-electron chi connectivity index (χ4n) is 1.63. The number of aryl methyl sites for hydroxylation is 2. The molecule has 0 aliphatic heterocycles. The van der Waals surface area contributed by atoms with Crippen LogP contribution >= 0.6 is 15.9 Å². The van der Waals surface area contributed by atoms with Crippen LogP contribution in [0.2, 0.25) is 0 Å². The van der Waals surface area contributed by atoms with E-state index in [0.29, 0.717) is 5.88 Å². The summed E-state index contributed by atoms with van der Waals surface area (Å²) in [5.41, 5.74) is 2.90. The topological polar surface area (TPSA) is 64.4 Å². The van der Waals surface area contributed by atoms with E-state index >= 15 is 0 Å². The van der Waals surface area contributed by atoms with Crippen molar-refractivity contribution < 1.29 is 14.6 Å². The fourth-order valence-corrected chi connectivity index (χ4v) is 1.99. The van der Waals surface area contributed by atoms with E-state index in [9.17, 15) is 4.79 Å². The summed E-state index contributed by atoms with van der Waals surface area (Å²) in [6.45, 7) is 3.49. The van der Waals surface area contributed by atoms with E-state index in [1.54, 1.807) is 10.7 Å². The molecule has 2 aromatic rings. The number of hydrogen-bond donors (Lipinski definition) is 1. The first-order valence-electron chi connectivity index (χ1n) is 5.65. The molecule has 2 rings (SSSR count). The van der Waals surface area contributed by atoms with Gasteiger partial charge in [0.25, 0.3) is 0 Å². The highest BCUT2D eigenvalue weighted by Crippen LogP contribution is 2.22. The zero-order valence-corrected chi connectivity index (χ0v) is 12.1. The van der Waals surface area contributed by atoms with Gasteiger partial charge in [0.05, 0.1) is 5.69 Å². The first-order valence-corrected chi connectivity index (χ1v) is 6.44. The Balaban J connectivity index is 2.29. The third-order valence-electron chi connectivity index (χ3n) is 2.61. The molecule has 0 saturated heterocycles. The van der Waals surface area contributed by atoms with Crippen LogP contribution in [0.15, 0.2) is 28.7 Å². The van der Waals surface area contributed by atoms with Gasteiger partial charge in [-0.05, 0) is 31.5 Å². The standard InChI is InChI=1S/C13H13BrN2O3/c1-8-3-4-10(6-11(8)14)16-9(2)5-12(15-16)19-7-13(17)18/h3-6H,7H2,1-2H3,(H,17,18). The molecular weight excluding hydrogens is 312 g/mol. The monoisotopic (exact) mass is 324 g/mol. The molecule has 1 aromatic heterocycles. The Labute approximate surface area is 118 Å². The first kappa shape index (κ1) is 13.6. The van der Waals surface area contributed by atoms with Crippen molar-refractivity contribution in [3.8, 4) is 11.6 Å². The summed E-state index contributed by atoms with van der Waals surface area (Å²) < 4.78 is 7.76. The largest absolute Gasteiger partial charge is 0.479 e. The molecule has 0 radical (unpaired) electrons. The van der Waals surface area contributed by atoms with E-state index in [4.69, 9.17) is 9.84 Å². The number of carboxylic acid groups (broad SMARTS) is 1.